The summed E-state index contributed by atoms with van der Waals surface area (Å²) < 4.78 is 0. The molecule has 2 heterocycles. The first-order valence-electron chi connectivity index (χ1n) is 6.99. The van der Waals surface area contributed by atoms with Gasteiger partial charge < -0.3 is 5.32 Å². The van der Waals surface area contributed by atoms with E-state index in [1.807, 2.05) is 11.3 Å². The van der Waals surface area contributed by atoms with Crippen LogP contribution in [0.4, 0.5) is 0 Å². The molecule has 2 aromatic rings. The summed E-state index contributed by atoms with van der Waals surface area (Å²) in [6, 6.07) is 11.0. The molecule has 0 spiro atoms. The standard InChI is InChI=1S/C16H22N2S/c1-3-11-17-15(10-9-14-7-5-12-19-14)16-8-4-6-13(2)18-16/h4-8,12,15,17H,3,9-11H2,1-2H3. The van der Waals surface area contributed by atoms with Gasteiger partial charge in [-0.3, -0.25) is 4.98 Å². The van der Waals surface area contributed by atoms with Gasteiger partial charge in [-0.2, -0.15) is 0 Å². The van der Waals surface area contributed by atoms with Gasteiger partial charge in [0.05, 0.1) is 5.69 Å². The number of pyridine rings is 1. The second-order valence-corrected chi connectivity index (χ2v) is 5.86. The molecule has 0 aromatic carbocycles. The third-order valence-corrected chi connectivity index (χ3v) is 4.10. The number of aromatic nitrogens is 1. The van der Waals surface area contributed by atoms with Crippen LogP contribution in [0, 0.1) is 6.92 Å². The van der Waals surface area contributed by atoms with Crippen LogP contribution in [0.25, 0.3) is 0 Å². The van der Waals surface area contributed by atoms with E-state index in [1.165, 1.54) is 10.6 Å². The average Bonchev–Trinajstić information content (AvgIpc) is 2.92. The Bertz CT molecular complexity index is 479. The van der Waals surface area contributed by atoms with Crippen LogP contribution in [-0.2, 0) is 6.42 Å². The summed E-state index contributed by atoms with van der Waals surface area (Å²) in [5, 5.41) is 5.77. The number of rotatable bonds is 7. The zero-order valence-corrected chi connectivity index (χ0v) is 12.5. The Morgan fingerprint density at radius 1 is 1.26 bits per heavy atom. The molecule has 0 fully saturated rings. The fourth-order valence-corrected chi connectivity index (χ4v) is 2.90. The Kier molecular flexibility index (Phi) is 5.55. The molecule has 0 aliphatic carbocycles. The van der Waals surface area contributed by atoms with Crippen LogP contribution in [0.3, 0.4) is 0 Å². The summed E-state index contributed by atoms with van der Waals surface area (Å²) in [4.78, 5) is 6.12. The van der Waals surface area contributed by atoms with Crippen LogP contribution in [0.1, 0.15) is 42.1 Å². The van der Waals surface area contributed by atoms with Crippen LogP contribution in [-0.4, -0.2) is 11.5 Å². The molecular weight excluding hydrogens is 252 g/mol. The van der Waals surface area contributed by atoms with E-state index in [1.54, 1.807) is 0 Å². The van der Waals surface area contributed by atoms with Gasteiger partial charge in [-0.25, -0.2) is 0 Å². The zero-order valence-electron chi connectivity index (χ0n) is 11.7. The molecule has 2 rings (SSSR count). The van der Waals surface area contributed by atoms with Gasteiger partial charge in [0.25, 0.3) is 0 Å². The van der Waals surface area contributed by atoms with Gasteiger partial charge in [0.2, 0.25) is 0 Å². The van der Waals surface area contributed by atoms with E-state index < -0.39 is 0 Å². The van der Waals surface area contributed by atoms with Gasteiger partial charge in [-0.1, -0.05) is 19.1 Å². The van der Waals surface area contributed by atoms with Gasteiger partial charge in [0, 0.05) is 16.6 Å². The summed E-state index contributed by atoms with van der Waals surface area (Å²) in [6.07, 6.45) is 3.38. The van der Waals surface area contributed by atoms with Gasteiger partial charge in [0.1, 0.15) is 0 Å². The number of nitrogens with zero attached hydrogens (tertiary/aromatic N) is 1. The molecule has 0 aliphatic heterocycles. The monoisotopic (exact) mass is 274 g/mol. The summed E-state index contributed by atoms with van der Waals surface area (Å²) in [5.74, 6) is 0. The molecule has 1 N–H and O–H groups in total. The Labute approximate surface area is 119 Å². The van der Waals surface area contributed by atoms with Crippen molar-refractivity contribution in [1.82, 2.24) is 10.3 Å². The van der Waals surface area contributed by atoms with Crippen molar-refractivity contribution >= 4 is 11.3 Å². The van der Waals surface area contributed by atoms with Crippen molar-refractivity contribution in [2.24, 2.45) is 0 Å². The van der Waals surface area contributed by atoms with Crippen molar-refractivity contribution in [3.05, 3.63) is 52.0 Å². The molecule has 0 saturated heterocycles. The molecule has 1 atom stereocenters. The van der Waals surface area contributed by atoms with Gasteiger partial charge >= 0.3 is 0 Å². The van der Waals surface area contributed by atoms with Crippen LogP contribution in [0.15, 0.2) is 35.7 Å². The fraction of sp³-hybridized carbons (Fsp3) is 0.438. The maximum atomic E-state index is 4.67. The first-order valence-corrected chi connectivity index (χ1v) is 7.87. The smallest absolute Gasteiger partial charge is 0.0576 e. The quantitative estimate of drug-likeness (QED) is 0.821. The number of hydrogen-bond acceptors (Lipinski definition) is 3. The topological polar surface area (TPSA) is 24.9 Å². The van der Waals surface area contributed by atoms with Gasteiger partial charge in [-0.05, 0) is 56.3 Å². The lowest BCUT2D eigenvalue weighted by Gasteiger charge is -2.18. The van der Waals surface area contributed by atoms with Crippen molar-refractivity contribution in [2.75, 3.05) is 6.54 Å². The first-order chi connectivity index (χ1) is 9.29. The lowest BCUT2D eigenvalue weighted by atomic mass is 10.1. The molecular formula is C16H22N2S. The van der Waals surface area contributed by atoms with Gasteiger partial charge in [-0.15, -0.1) is 11.3 Å². The summed E-state index contributed by atoms with van der Waals surface area (Å²) >= 11 is 1.84. The Morgan fingerprint density at radius 2 is 2.16 bits per heavy atom. The number of nitrogens with one attached hydrogen (secondary N) is 1. The lowest BCUT2D eigenvalue weighted by molar-refractivity contribution is 0.489. The molecule has 2 nitrogen and oxygen atoms in total. The fourth-order valence-electron chi connectivity index (χ4n) is 2.17. The third-order valence-electron chi connectivity index (χ3n) is 3.17. The molecule has 0 saturated carbocycles. The van der Waals surface area contributed by atoms with Crippen LogP contribution in [0.5, 0.6) is 0 Å². The van der Waals surface area contributed by atoms with E-state index in [2.05, 4.69) is 59.9 Å². The van der Waals surface area contributed by atoms with Crippen LogP contribution >= 0.6 is 11.3 Å². The van der Waals surface area contributed by atoms with Crippen LogP contribution in [0.2, 0.25) is 0 Å². The van der Waals surface area contributed by atoms with Crippen molar-refractivity contribution in [1.29, 1.82) is 0 Å². The third kappa shape index (κ3) is 4.44. The molecule has 0 bridgehead atoms. The first kappa shape index (κ1) is 14.2. The Hall–Kier alpha value is -1.19. The minimum atomic E-state index is 0.363. The summed E-state index contributed by atoms with van der Waals surface area (Å²) in [7, 11) is 0. The predicted molar refractivity (Wildman–Crippen MR) is 82.6 cm³/mol. The van der Waals surface area contributed by atoms with E-state index in [0.29, 0.717) is 6.04 Å². The molecule has 0 amide bonds. The van der Waals surface area contributed by atoms with Gasteiger partial charge in [0.15, 0.2) is 0 Å². The average molecular weight is 274 g/mol. The summed E-state index contributed by atoms with van der Waals surface area (Å²) in [5.41, 5.74) is 2.27. The van der Waals surface area contributed by atoms with Crippen LogP contribution < -0.4 is 5.32 Å². The highest BCUT2D eigenvalue weighted by atomic mass is 32.1. The second kappa shape index (κ2) is 7.41. The maximum absolute atomic E-state index is 4.67. The highest BCUT2D eigenvalue weighted by Crippen LogP contribution is 2.20. The number of hydrogen-bond donors (Lipinski definition) is 1. The highest BCUT2D eigenvalue weighted by Gasteiger charge is 2.12. The maximum Gasteiger partial charge on any atom is 0.0576 e. The predicted octanol–water partition coefficient (Wildman–Crippen LogP) is 4.13. The molecule has 0 aliphatic rings. The molecule has 102 valence electrons. The zero-order chi connectivity index (χ0) is 13.5. The highest BCUT2D eigenvalue weighted by molar-refractivity contribution is 7.09. The Morgan fingerprint density at radius 3 is 2.84 bits per heavy atom. The summed E-state index contributed by atoms with van der Waals surface area (Å²) in [6.45, 7) is 5.30. The minimum Gasteiger partial charge on any atom is -0.309 e. The molecule has 19 heavy (non-hydrogen) atoms. The van der Waals surface area contributed by atoms with Crippen molar-refractivity contribution in [3.8, 4) is 0 Å². The normalized spacial score (nSPS) is 12.5. The number of thiophene rings is 1. The van der Waals surface area contributed by atoms with E-state index in [9.17, 15) is 0 Å². The molecule has 0 radical (unpaired) electrons. The van der Waals surface area contributed by atoms with Crippen molar-refractivity contribution in [2.45, 2.75) is 39.2 Å². The minimum absolute atomic E-state index is 0.363. The molecule has 3 heteroatoms. The second-order valence-electron chi connectivity index (χ2n) is 4.83. The molecule has 2 aromatic heterocycles. The molecule has 1 unspecified atom stereocenters. The van der Waals surface area contributed by atoms with E-state index in [0.717, 1.165) is 31.5 Å². The van der Waals surface area contributed by atoms with Crippen molar-refractivity contribution < 1.29 is 0 Å². The van der Waals surface area contributed by atoms with E-state index in [-0.39, 0.29) is 0 Å². The lowest BCUT2D eigenvalue weighted by Crippen LogP contribution is -2.23. The van der Waals surface area contributed by atoms with E-state index in [4.69, 9.17) is 0 Å². The largest absolute Gasteiger partial charge is 0.309 e. The Balaban J connectivity index is 2.02. The van der Waals surface area contributed by atoms with E-state index >= 15 is 0 Å². The van der Waals surface area contributed by atoms with Crippen molar-refractivity contribution in [3.63, 3.8) is 0 Å². The SMILES string of the molecule is CCCNC(CCc1cccs1)c1cccc(C)n1. The number of aryl methyl sites for hydroxylation is 2.